The molecule has 0 saturated carbocycles. The molecule has 1 aromatic carbocycles. The largest absolute Gasteiger partial charge is 0.481 e. The molecular formula is C20H32N2O3. The maximum absolute atomic E-state index is 12.0. The van der Waals surface area contributed by atoms with Crippen LogP contribution in [0.2, 0.25) is 0 Å². The molecule has 1 aliphatic heterocycles. The molecule has 0 spiro atoms. The monoisotopic (exact) mass is 348 g/mol. The van der Waals surface area contributed by atoms with Crippen LogP contribution in [0.5, 0.6) is 0 Å². The van der Waals surface area contributed by atoms with Crippen molar-refractivity contribution in [3.05, 3.63) is 23.8 Å². The van der Waals surface area contributed by atoms with Crippen LogP contribution in [-0.2, 0) is 14.9 Å². The second-order valence-electron chi connectivity index (χ2n) is 7.97. The predicted octanol–water partition coefficient (Wildman–Crippen LogP) is 3.52. The number of hydrogen-bond donors (Lipinski definition) is 2. The minimum atomic E-state index is -0.883. The number of nitrogen functional groups attached to an aromatic ring is 1. The lowest BCUT2D eigenvalue weighted by Gasteiger charge is -2.35. The van der Waals surface area contributed by atoms with Crippen LogP contribution < -0.4 is 10.6 Å². The topological polar surface area (TPSA) is 75.8 Å². The molecule has 5 nitrogen and oxygen atoms in total. The fraction of sp³-hybridized carbons (Fsp3) is 0.650. The van der Waals surface area contributed by atoms with Crippen molar-refractivity contribution in [2.24, 2.45) is 11.8 Å². The third-order valence-electron chi connectivity index (χ3n) is 4.85. The Balaban J connectivity index is 2.36. The van der Waals surface area contributed by atoms with Gasteiger partial charge in [0.1, 0.15) is 0 Å². The lowest BCUT2D eigenvalue weighted by molar-refractivity contribution is -0.147. The zero-order valence-electron chi connectivity index (χ0n) is 15.9. The number of carboxylic acid groups (broad SMARTS) is 1. The van der Waals surface area contributed by atoms with Gasteiger partial charge >= 0.3 is 5.97 Å². The van der Waals surface area contributed by atoms with Crippen LogP contribution in [-0.4, -0.2) is 37.4 Å². The molecule has 1 heterocycles. The van der Waals surface area contributed by atoms with Gasteiger partial charge in [-0.3, -0.25) is 4.79 Å². The first kappa shape index (κ1) is 19.6. The fourth-order valence-corrected chi connectivity index (χ4v) is 3.64. The third kappa shape index (κ3) is 4.46. The summed E-state index contributed by atoms with van der Waals surface area (Å²) in [5.41, 5.74) is 7.94. The molecule has 2 rings (SSSR count). The van der Waals surface area contributed by atoms with Crippen molar-refractivity contribution in [3.63, 3.8) is 0 Å². The molecule has 3 N–H and O–H groups in total. The summed E-state index contributed by atoms with van der Waals surface area (Å²) in [6, 6.07) is 5.80. The Kier molecular flexibility index (Phi) is 6.33. The number of benzene rings is 1. The number of carboxylic acids is 1. The van der Waals surface area contributed by atoms with Crippen molar-refractivity contribution < 1.29 is 14.6 Å². The van der Waals surface area contributed by atoms with E-state index in [1.165, 1.54) is 0 Å². The normalized spacial score (nSPS) is 17.0. The van der Waals surface area contributed by atoms with Crippen LogP contribution in [0.3, 0.4) is 0 Å². The Morgan fingerprint density at radius 1 is 1.20 bits per heavy atom. The van der Waals surface area contributed by atoms with Crippen molar-refractivity contribution in [2.75, 3.05) is 36.9 Å². The van der Waals surface area contributed by atoms with Gasteiger partial charge in [0, 0.05) is 26.3 Å². The Morgan fingerprint density at radius 2 is 1.76 bits per heavy atom. The second-order valence-corrected chi connectivity index (χ2v) is 7.97. The van der Waals surface area contributed by atoms with E-state index < -0.39 is 11.4 Å². The number of hydrogen-bond acceptors (Lipinski definition) is 4. The average Bonchev–Trinajstić information content (AvgIpc) is 2.53. The van der Waals surface area contributed by atoms with Crippen LogP contribution in [0.4, 0.5) is 11.4 Å². The van der Waals surface area contributed by atoms with Crippen LogP contribution in [0.15, 0.2) is 18.2 Å². The average molecular weight is 348 g/mol. The molecule has 1 aliphatic rings. The van der Waals surface area contributed by atoms with E-state index in [9.17, 15) is 9.90 Å². The highest BCUT2D eigenvalue weighted by atomic mass is 16.5. The van der Waals surface area contributed by atoms with Crippen molar-refractivity contribution in [1.82, 2.24) is 0 Å². The zero-order valence-corrected chi connectivity index (χ0v) is 15.9. The fourth-order valence-electron chi connectivity index (χ4n) is 3.64. The van der Waals surface area contributed by atoms with E-state index in [1.54, 1.807) is 0 Å². The summed E-state index contributed by atoms with van der Waals surface area (Å²) in [7, 11) is 0. The Morgan fingerprint density at radius 3 is 2.20 bits per heavy atom. The highest BCUT2D eigenvalue weighted by Crippen LogP contribution is 2.38. The minimum Gasteiger partial charge on any atom is -0.481 e. The first-order chi connectivity index (χ1) is 11.8. The lowest BCUT2D eigenvalue weighted by atomic mass is 9.74. The molecule has 0 amide bonds. The summed E-state index contributed by atoms with van der Waals surface area (Å²) < 4.78 is 5.37. The Labute approximate surface area is 151 Å². The van der Waals surface area contributed by atoms with Crippen LogP contribution in [0.25, 0.3) is 0 Å². The molecule has 25 heavy (non-hydrogen) atoms. The molecule has 0 bridgehead atoms. The maximum atomic E-state index is 12.0. The van der Waals surface area contributed by atoms with Crippen LogP contribution in [0, 0.1) is 11.8 Å². The molecule has 140 valence electrons. The molecule has 1 fully saturated rings. The number of rotatable bonds is 7. The summed E-state index contributed by atoms with van der Waals surface area (Å²) in [4.78, 5) is 14.3. The lowest BCUT2D eigenvalue weighted by Crippen LogP contribution is -2.41. The first-order valence-electron chi connectivity index (χ1n) is 9.22. The number of anilines is 2. The molecule has 0 unspecified atom stereocenters. The highest BCUT2D eigenvalue weighted by Gasteiger charge is 2.42. The van der Waals surface area contributed by atoms with Gasteiger partial charge in [0.15, 0.2) is 0 Å². The van der Waals surface area contributed by atoms with Crippen molar-refractivity contribution in [2.45, 2.75) is 46.0 Å². The number of nitrogens with two attached hydrogens (primary N) is 1. The zero-order chi connectivity index (χ0) is 18.6. The quantitative estimate of drug-likeness (QED) is 0.737. The predicted molar refractivity (Wildman–Crippen MR) is 102 cm³/mol. The molecule has 0 radical (unpaired) electrons. The van der Waals surface area contributed by atoms with E-state index in [2.05, 4.69) is 32.6 Å². The maximum Gasteiger partial charge on any atom is 0.314 e. The number of ether oxygens (including phenoxy) is 1. The van der Waals surface area contributed by atoms with E-state index in [1.807, 2.05) is 18.2 Å². The second kappa shape index (κ2) is 8.09. The molecular weight excluding hydrogens is 316 g/mol. The number of nitrogens with zero attached hydrogens (tertiary/aromatic N) is 1. The van der Waals surface area contributed by atoms with Gasteiger partial charge in [0.25, 0.3) is 0 Å². The molecule has 0 aliphatic carbocycles. The van der Waals surface area contributed by atoms with Gasteiger partial charge in [-0.15, -0.1) is 0 Å². The van der Waals surface area contributed by atoms with Crippen molar-refractivity contribution >= 4 is 17.3 Å². The van der Waals surface area contributed by atoms with E-state index in [0.717, 1.165) is 24.3 Å². The Hall–Kier alpha value is -1.75. The van der Waals surface area contributed by atoms with Crippen LogP contribution in [0.1, 0.15) is 46.1 Å². The van der Waals surface area contributed by atoms with Gasteiger partial charge < -0.3 is 20.5 Å². The van der Waals surface area contributed by atoms with E-state index in [0.29, 0.717) is 43.6 Å². The number of carbonyl (C=O) groups is 1. The summed E-state index contributed by atoms with van der Waals surface area (Å²) in [6.07, 6.45) is 0.978. The van der Waals surface area contributed by atoms with Crippen LogP contribution >= 0.6 is 0 Å². The first-order valence-corrected chi connectivity index (χ1v) is 9.22. The molecule has 1 saturated heterocycles. The van der Waals surface area contributed by atoms with Crippen molar-refractivity contribution in [3.8, 4) is 0 Å². The van der Waals surface area contributed by atoms with E-state index in [4.69, 9.17) is 10.5 Å². The standard InChI is InChI=1S/C20H32N2O3/c1-14(2)12-22(13-15(3)4)18-6-5-16(11-17(18)21)20(19(23)24)7-9-25-10-8-20/h5-6,11,14-15H,7-10,12-13,21H2,1-4H3,(H,23,24). The SMILES string of the molecule is CC(C)CN(CC(C)C)c1ccc(C2(C(=O)O)CCOCC2)cc1N. The molecule has 0 atom stereocenters. The highest BCUT2D eigenvalue weighted by molar-refractivity contribution is 5.83. The third-order valence-corrected chi connectivity index (χ3v) is 4.85. The van der Waals surface area contributed by atoms with E-state index >= 15 is 0 Å². The smallest absolute Gasteiger partial charge is 0.314 e. The summed E-state index contributed by atoms with van der Waals surface area (Å²) >= 11 is 0. The van der Waals surface area contributed by atoms with Gasteiger partial charge in [0.05, 0.1) is 16.8 Å². The van der Waals surface area contributed by atoms with Gasteiger partial charge in [-0.05, 0) is 42.4 Å². The summed E-state index contributed by atoms with van der Waals surface area (Å²) in [5, 5.41) is 9.84. The molecule has 1 aromatic rings. The van der Waals surface area contributed by atoms with Gasteiger partial charge in [-0.1, -0.05) is 33.8 Å². The van der Waals surface area contributed by atoms with Gasteiger partial charge in [-0.25, -0.2) is 0 Å². The molecule has 0 aromatic heterocycles. The van der Waals surface area contributed by atoms with Gasteiger partial charge in [0.2, 0.25) is 0 Å². The van der Waals surface area contributed by atoms with Crippen molar-refractivity contribution in [1.29, 1.82) is 0 Å². The van der Waals surface area contributed by atoms with Gasteiger partial charge in [-0.2, -0.15) is 0 Å². The summed E-state index contributed by atoms with van der Waals surface area (Å²) in [6.45, 7) is 11.6. The number of aliphatic carboxylic acids is 1. The Bertz CT molecular complexity index is 583. The molecule has 5 heteroatoms. The summed E-state index contributed by atoms with van der Waals surface area (Å²) in [5.74, 6) is 0.265. The van der Waals surface area contributed by atoms with E-state index in [-0.39, 0.29) is 0 Å². The minimum absolute atomic E-state index is 0.473.